The van der Waals surface area contributed by atoms with E-state index < -0.39 is 0 Å². The van der Waals surface area contributed by atoms with Crippen molar-refractivity contribution in [2.45, 2.75) is 20.8 Å². The third kappa shape index (κ3) is 3.38. The molecule has 0 radical (unpaired) electrons. The minimum Gasteiger partial charge on any atom is -0.481 e. The first-order valence-electron chi connectivity index (χ1n) is 5.06. The van der Waals surface area contributed by atoms with Crippen molar-refractivity contribution < 1.29 is 9.47 Å². The lowest BCUT2D eigenvalue weighted by Gasteiger charge is -2.06. The third-order valence-corrected chi connectivity index (χ3v) is 1.84. The fourth-order valence-electron chi connectivity index (χ4n) is 1.12. The molecule has 4 nitrogen and oxygen atoms in total. The van der Waals surface area contributed by atoms with Gasteiger partial charge in [0.2, 0.25) is 5.88 Å². The molecule has 0 saturated heterocycles. The van der Waals surface area contributed by atoms with Crippen molar-refractivity contribution in [2.24, 2.45) is 0 Å². The van der Waals surface area contributed by atoms with Gasteiger partial charge in [0.05, 0.1) is 7.11 Å². The second-order valence-corrected chi connectivity index (χ2v) is 3.13. The summed E-state index contributed by atoms with van der Waals surface area (Å²) in [6, 6.07) is 2.04. The molecule has 0 aliphatic rings. The molecule has 0 unspecified atom stereocenters. The Hall–Kier alpha value is -1.84. The summed E-state index contributed by atoms with van der Waals surface area (Å²) in [5.74, 6) is 1.20. The zero-order chi connectivity index (χ0) is 12.0. The van der Waals surface area contributed by atoms with E-state index >= 15 is 0 Å². The van der Waals surface area contributed by atoms with Gasteiger partial charge in [-0.3, -0.25) is 0 Å². The normalized spacial score (nSPS) is 11.9. The highest BCUT2D eigenvalue weighted by molar-refractivity contribution is 5.20. The molecular weight excluding hydrogens is 204 g/mol. The Morgan fingerprint density at radius 3 is 2.62 bits per heavy atom. The van der Waals surface area contributed by atoms with E-state index in [1.165, 1.54) is 0 Å². The van der Waals surface area contributed by atoms with E-state index in [1.807, 2.05) is 39.0 Å². The van der Waals surface area contributed by atoms with Gasteiger partial charge in [-0.05, 0) is 32.9 Å². The summed E-state index contributed by atoms with van der Waals surface area (Å²) in [4.78, 5) is 8.26. The fourth-order valence-corrected chi connectivity index (χ4v) is 1.12. The van der Waals surface area contributed by atoms with Gasteiger partial charge in [0, 0.05) is 11.8 Å². The van der Waals surface area contributed by atoms with Gasteiger partial charge in [0.25, 0.3) is 0 Å². The van der Waals surface area contributed by atoms with Crippen LogP contribution in [0.5, 0.6) is 11.9 Å². The Bertz CT molecular complexity index is 411. The second kappa shape index (κ2) is 5.90. The van der Waals surface area contributed by atoms with E-state index in [0.29, 0.717) is 17.6 Å². The zero-order valence-electron chi connectivity index (χ0n) is 10.0. The molecule has 86 valence electrons. The van der Waals surface area contributed by atoms with Crippen LogP contribution in [0.4, 0.5) is 0 Å². The summed E-state index contributed by atoms with van der Waals surface area (Å²) in [5, 5.41) is 0. The molecular formula is C12H16N2O2. The van der Waals surface area contributed by atoms with E-state index in [4.69, 9.17) is 9.47 Å². The number of allylic oxidation sites excluding steroid dienone is 3. The summed E-state index contributed by atoms with van der Waals surface area (Å²) in [7, 11) is 1.56. The molecule has 1 aromatic heterocycles. The van der Waals surface area contributed by atoms with Crippen LogP contribution in [-0.2, 0) is 0 Å². The van der Waals surface area contributed by atoms with Crippen molar-refractivity contribution in [2.75, 3.05) is 7.11 Å². The predicted molar refractivity (Wildman–Crippen MR) is 62.5 cm³/mol. The Balaban J connectivity index is 2.92. The fraction of sp³-hybridized carbons (Fsp3) is 0.333. The van der Waals surface area contributed by atoms with Crippen molar-refractivity contribution in [3.8, 4) is 11.9 Å². The van der Waals surface area contributed by atoms with E-state index in [9.17, 15) is 0 Å². The van der Waals surface area contributed by atoms with Crippen LogP contribution in [0.3, 0.4) is 0 Å². The number of aromatic nitrogens is 2. The molecule has 1 heterocycles. The molecule has 16 heavy (non-hydrogen) atoms. The van der Waals surface area contributed by atoms with E-state index in [0.717, 1.165) is 5.69 Å². The molecule has 1 aromatic rings. The van der Waals surface area contributed by atoms with Crippen molar-refractivity contribution in [3.63, 3.8) is 0 Å². The first-order valence-corrected chi connectivity index (χ1v) is 5.06. The Labute approximate surface area is 95.6 Å². The minimum atomic E-state index is 0.294. The van der Waals surface area contributed by atoms with Gasteiger partial charge in [0.15, 0.2) is 0 Å². The van der Waals surface area contributed by atoms with Crippen molar-refractivity contribution >= 4 is 0 Å². The molecule has 0 atom stereocenters. The van der Waals surface area contributed by atoms with Gasteiger partial charge in [-0.1, -0.05) is 6.08 Å². The van der Waals surface area contributed by atoms with Crippen LogP contribution in [0.25, 0.3) is 0 Å². The Morgan fingerprint density at radius 1 is 1.31 bits per heavy atom. The highest BCUT2D eigenvalue weighted by Crippen LogP contribution is 2.15. The quantitative estimate of drug-likeness (QED) is 0.578. The van der Waals surface area contributed by atoms with Crippen LogP contribution in [0.1, 0.15) is 19.5 Å². The lowest BCUT2D eigenvalue weighted by molar-refractivity contribution is 0.364. The number of hydrogen-bond acceptors (Lipinski definition) is 4. The van der Waals surface area contributed by atoms with Gasteiger partial charge >= 0.3 is 6.01 Å². The molecule has 0 fully saturated rings. The van der Waals surface area contributed by atoms with Gasteiger partial charge in [-0.25, -0.2) is 0 Å². The van der Waals surface area contributed by atoms with Gasteiger partial charge in [-0.15, -0.1) is 0 Å². The second-order valence-electron chi connectivity index (χ2n) is 3.13. The highest BCUT2D eigenvalue weighted by atomic mass is 16.5. The molecule has 0 N–H and O–H groups in total. The standard InChI is InChI=1S/C12H16N2O2/c1-5-7-10(6-2)16-12-13-9(3)8-11(14-12)15-4/h5-8H,1-4H3. The Kier molecular flexibility index (Phi) is 4.51. The maximum absolute atomic E-state index is 5.50. The molecule has 0 bridgehead atoms. The smallest absolute Gasteiger partial charge is 0.325 e. The number of methoxy groups -OCH3 is 1. The molecule has 1 rings (SSSR count). The largest absolute Gasteiger partial charge is 0.481 e. The monoisotopic (exact) mass is 220 g/mol. The van der Waals surface area contributed by atoms with Crippen LogP contribution in [-0.4, -0.2) is 17.1 Å². The number of nitrogens with zero attached hydrogens (tertiary/aromatic N) is 2. The third-order valence-electron chi connectivity index (χ3n) is 1.84. The van der Waals surface area contributed by atoms with Crippen molar-refractivity contribution in [1.29, 1.82) is 0 Å². The van der Waals surface area contributed by atoms with E-state index in [1.54, 1.807) is 13.2 Å². The molecule has 0 spiro atoms. The van der Waals surface area contributed by atoms with Gasteiger partial charge in [-0.2, -0.15) is 9.97 Å². The maximum Gasteiger partial charge on any atom is 0.325 e. The molecule has 0 aliphatic carbocycles. The SMILES string of the molecule is CC=CC(=CC)Oc1nc(C)cc(OC)n1. The summed E-state index contributed by atoms with van der Waals surface area (Å²) in [6.45, 7) is 5.68. The van der Waals surface area contributed by atoms with Crippen LogP contribution >= 0.6 is 0 Å². The molecule has 4 heteroatoms. The number of aryl methyl sites for hydroxylation is 1. The van der Waals surface area contributed by atoms with Crippen LogP contribution in [0, 0.1) is 6.92 Å². The maximum atomic E-state index is 5.50. The van der Waals surface area contributed by atoms with Crippen molar-refractivity contribution in [1.82, 2.24) is 9.97 Å². The highest BCUT2D eigenvalue weighted by Gasteiger charge is 2.04. The lowest BCUT2D eigenvalue weighted by atomic mass is 10.4. The van der Waals surface area contributed by atoms with Crippen LogP contribution in [0.2, 0.25) is 0 Å². The summed E-state index contributed by atoms with van der Waals surface area (Å²) < 4.78 is 10.5. The van der Waals surface area contributed by atoms with E-state index in [2.05, 4.69) is 9.97 Å². The summed E-state index contributed by atoms with van der Waals surface area (Å²) in [5.41, 5.74) is 0.804. The predicted octanol–water partition coefficient (Wildman–Crippen LogP) is 2.65. The average Bonchev–Trinajstić information content (AvgIpc) is 2.27. The molecule has 0 amide bonds. The van der Waals surface area contributed by atoms with Gasteiger partial charge < -0.3 is 9.47 Å². The molecule has 0 aromatic carbocycles. The lowest BCUT2D eigenvalue weighted by Crippen LogP contribution is -2.00. The van der Waals surface area contributed by atoms with E-state index in [-0.39, 0.29) is 0 Å². The topological polar surface area (TPSA) is 44.2 Å². The summed E-state index contributed by atoms with van der Waals surface area (Å²) in [6.07, 6.45) is 5.58. The number of hydrogen-bond donors (Lipinski definition) is 0. The minimum absolute atomic E-state index is 0.294. The first kappa shape index (κ1) is 12.2. The van der Waals surface area contributed by atoms with Crippen LogP contribution in [0.15, 0.2) is 30.1 Å². The average molecular weight is 220 g/mol. The van der Waals surface area contributed by atoms with Crippen molar-refractivity contribution in [3.05, 3.63) is 35.7 Å². The van der Waals surface area contributed by atoms with Crippen LogP contribution < -0.4 is 9.47 Å². The first-order chi connectivity index (χ1) is 7.69. The molecule has 0 saturated carbocycles. The Morgan fingerprint density at radius 2 is 2.06 bits per heavy atom. The number of rotatable bonds is 4. The number of ether oxygens (including phenoxy) is 2. The zero-order valence-corrected chi connectivity index (χ0v) is 10.0. The van der Waals surface area contributed by atoms with Gasteiger partial charge in [0.1, 0.15) is 5.76 Å². The molecule has 0 aliphatic heterocycles. The summed E-state index contributed by atoms with van der Waals surface area (Å²) >= 11 is 0.